The average molecular weight is 423 g/mol. The Morgan fingerprint density at radius 3 is 2.00 bits per heavy atom. The van der Waals surface area contributed by atoms with Crippen LogP contribution < -0.4 is 10.4 Å². The van der Waals surface area contributed by atoms with Gasteiger partial charge in [0.15, 0.2) is 0 Å². The Hall–Kier alpha value is -1.71. The number of unbranched alkanes of at least 4 members (excludes halogenated alkanes) is 1. The molecule has 0 amide bonds. The molecule has 0 heterocycles. The van der Waals surface area contributed by atoms with Gasteiger partial charge in [0, 0.05) is 19.4 Å². The summed E-state index contributed by atoms with van der Waals surface area (Å²) in [6.45, 7) is 10.1. The van der Waals surface area contributed by atoms with E-state index < -0.39 is 8.32 Å². The van der Waals surface area contributed by atoms with Gasteiger partial charge >= 0.3 is 0 Å². The molecule has 1 aliphatic rings. The highest BCUT2D eigenvalue weighted by Gasteiger charge is 2.49. The summed E-state index contributed by atoms with van der Waals surface area (Å²) >= 11 is 0. The largest absolute Gasteiger partial charge is 0.407 e. The Bertz CT molecular complexity index is 770. The topological polar surface area (TPSA) is 26.3 Å². The lowest BCUT2D eigenvalue weighted by atomic mass is 9.72. The minimum Gasteiger partial charge on any atom is -0.407 e. The number of carbonyl (C=O) groups is 1. The Morgan fingerprint density at radius 2 is 1.50 bits per heavy atom. The fraction of sp³-hybridized carbons (Fsp3) is 0.519. The van der Waals surface area contributed by atoms with Gasteiger partial charge in [-0.3, -0.25) is 4.79 Å². The van der Waals surface area contributed by atoms with Crippen molar-refractivity contribution in [3.8, 4) is 0 Å². The third-order valence-corrected chi connectivity index (χ3v) is 11.8. The number of carbonyl (C=O) groups excluding carboxylic acids is 1. The van der Waals surface area contributed by atoms with E-state index in [4.69, 9.17) is 4.43 Å². The third-order valence-electron chi connectivity index (χ3n) is 6.77. The lowest BCUT2D eigenvalue weighted by Crippen LogP contribution is -2.66. The SMILES string of the molecule is CC(C)(C)[Si](OCCCC[C@@]1(C)CCCC(=O)C1)(c1ccccc1)c1ccccc1. The fourth-order valence-corrected chi connectivity index (χ4v) is 9.83. The summed E-state index contributed by atoms with van der Waals surface area (Å²) in [6, 6.07) is 21.7. The maximum absolute atomic E-state index is 11.9. The molecule has 1 aliphatic carbocycles. The summed E-state index contributed by atoms with van der Waals surface area (Å²) < 4.78 is 6.98. The minimum absolute atomic E-state index is 0.0253. The molecule has 0 saturated heterocycles. The lowest BCUT2D eigenvalue weighted by molar-refractivity contribution is -0.123. The van der Waals surface area contributed by atoms with Crippen molar-refractivity contribution in [3.05, 3.63) is 60.7 Å². The van der Waals surface area contributed by atoms with Crippen molar-refractivity contribution in [1.29, 1.82) is 0 Å². The van der Waals surface area contributed by atoms with E-state index in [0.29, 0.717) is 5.78 Å². The first-order valence-corrected chi connectivity index (χ1v) is 13.4. The number of ketones is 1. The zero-order valence-corrected chi connectivity index (χ0v) is 20.2. The number of hydrogen-bond acceptors (Lipinski definition) is 2. The number of rotatable bonds is 8. The smallest absolute Gasteiger partial charge is 0.261 e. The van der Waals surface area contributed by atoms with Crippen molar-refractivity contribution in [2.24, 2.45) is 5.41 Å². The summed E-state index contributed by atoms with van der Waals surface area (Å²) in [6.07, 6.45) is 7.11. The molecule has 2 nitrogen and oxygen atoms in total. The second-order valence-electron chi connectivity index (χ2n) is 10.3. The van der Waals surface area contributed by atoms with Gasteiger partial charge in [-0.05, 0) is 46.5 Å². The van der Waals surface area contributed by atoms with E-state index >= 15 is 0 Å². The van der Waals surface area contributed by atoms with Crippen molar-refractivity contribution in [1.82, 2.24) is 0 Å². The van der Waals surface area contributed by atoms with Gasteiger partial charge in [0.25, 0.3) is 8.32 Å². The molecule has 0 N–H and O–H groups in total. The van der Waals surface area contributed by atoms with Crippen LogP contribution in [0.4, 0.5) is 0 Å². The average Bonchev–Trinajstić information content (AvgIpc) is 2.71. The van der Waals surface area contributed by atoms with Gasteiger partial charge in [0.05, 0.1) is 0 Å². The summed E-state index contributed by atoms with van der Waals surface area (Å²) in [7, 11) is -2.42. The van der Waals surface area contributed by atoms with Gasteiger partial charge in [-0.1, -0.05) is 94.8 Å². The molecule has 1 fully saturated rings. The van der Waals surface area contributed by atoms with Gasteiger partial charge in [0.2, 0.25) is 0 Å². The standard InChI is InChI=1S/C27H38O2Si/c1-26(2,3)30(24-15-7-5-8-16-24,25-17-9-6-10-18-25)29-21-12-11-19-27(4)20-13-14-23(28)22-27/h5-10,15-18H,11-14,19-22H2,1-4H3/t27-/m0/s1. The zero-order chi connectivity index (χ0) is 21.7. The Morgan fingerprint density at radius 1 is 0.933 bits per heavy atom. The molecule has 3 rings (SSSR count). The van der Waals surface area contributed by atoms with E-state index in [0.717, 1.165) is 45.1 Å². The maximum Gasteiger partial charge on any atom is 0.261 e. The molecule has 3 heteroatoms. The van der Waals surface area contributed by atoms with E-state index in [-0.39, 0.29) is 10.5 Å². The first-order chi connectivity index (χ1) is 14.3. The van der Waals surface area contributed by atoms with E-state index in [2.05, 4.69) is 88.4 Å². The van der Waals surface area contributed by atoms with Gasteiger partial charge < -0.3 is 4.43 Å². The maximum atomic E-state index is 11.9. The normalized spacial score (nSPS) is 20.3. The van der Waals surface area contributed by atoms with Crippen molar-refractivity contribution >= 4 is 24.5 Å². The number of benzene rings is 2. The molecule has 1 atom stereocenters. The van der Waals surface area contributed by atoms with Crippen LogP contribution in [0.1, 0.15) is 72.6 Å². The summed E-state index contributed by atoms with van der Waals surface area (Å²) in [5.41, 5.74) is 0.201. The molecule has 0 radical (unpaired) electrons. The summed E-state index contributed by atoms with van der Waals surface area (Å²) in [5, 5.41) is 2.71. The van der Waals surface area contributed by atoms with Gasteiger partial charge in [0.1, 0.15) is 5.78 Å². The van der Waals surface area contributed by atoms with Crippen LogP contribution >= 0.6 is 0 Å². The van der Waals surface area contributed by atoms with Crippen molar-refractivity contribution in [3.63, 3.8) is 0 Å². The monoisotopic (exact) mass is 422 g/mol. The molecular formula is C27H38O2Si. The van der Waals surface area contributed by atoms with Crippen molar-refractivity contribution < 1.29 is 9.22 Å². The van der Waals surface area contributed by atoms with Gasteiger partial charge in [-0.25, -0.2) is 0 Å². The quantitative estimate of drug-likeness (QED) is 0.392. The van der Waals surface area contributed by atoms with Crippen molar-refractivity contribution in [2.75, 3.05) is 6.61 Å². The molecule has 0 unspecified atom stereocenters. The second kappa shape index (κ2) is 9.61. The first kappa shape index (κ1) is 23.0. The molecule has 1 saturated carbocycles. The second-order valence-corrected chi connectivity index (χ2v) is 14.7. The number of Topliss-reactive ketones (excluding diaryl/α,β-unsaturated/α-hetero) is 1. The first-order valence-electron chi connectivity index (χ1n) is 11.5. The van der Waals surface area contributed by atoms with E-state index in [9.17, 15) is 4.79 Å². The van der Waals surface area contributed by atoms with Crippen LogP contribution in [0.15, 0.2) is 60.7 Å². The van der Waals surface area contributed by atoms with E-state index in [1.165, 1.54) is 16.8 Å². The van der Waals surface area contributed by atoms with Crippen LogP contribution in [0.2, 0.25) is 5.04 Å². The minimum atomic E-state index is -2.42. The molecule has 0 aliphatic heterocycles. The summed E-state index contributed by atoms with van der Waals surface area (Å²) in [4.78, 5) is 11.9. The molecule has 2 aromatic rings. The molecular weight excluding hydrogens is 384 g/mol. The molecule has 0 spiro atoms. The third kappa shape index (κ3) is 5.12. The Labute approximate surface area is 184 Å². The molecule has 162 valence electrons. The number of hydrogen-bond donors (Lipinski definition) is 0. The fourth-order valence-electron chi connectivity index (χ4n) is 5.22. The highest BCUT2D eigenvalue weighted by atomic mass is 28.4. The Balaban J connectivity index is 1.74. The van der Waals surface area contributed by atoms with Gasteiger partial charge in [-0.2, -0.15) is 0 Å². The molecule has 30 heavy (non-hydrogen) atoms. The van der Waals surface area contributed by atoms with E-state index in [1.807, 2.05) is 0 Å². The zero-order valence-electron chi connectivity index (χ0n) is 19.2. The summed E-state index contributed by atoms with van der Waals surface area (Å²) in [5.74, 6) is 0.451. The van der Waals surface area contributed by atoms with Crippen molar-refractivity contribution in [2.45, 2.75) is 77.7 Å². The van der Waals surface area contributed by atoms with E-state index in [1.54, 1.807) is 0 Å². The predicted octanol–water partition coefficient (Wildman–Crippen LogP) is 5.88. The van der Waals surface area contributed by atoms with Crippen LogP contribution in [0.5, 0.6) is 0 Å². The van der Waals surface area contributed by atoms with Crippen LogP contribution in [0.3, 0.4) is 0 Å². The Kier molecular flexibility index (Phi) is 7.36. The highest BCUT2D eigenvalue weighted by Crippen LogP contribution is 2.39. The molecule has 0 bridgehead atoms. The van der Waals surface area contributed by atoms with Crippen LogP contribution in [-0.4, -0.2) is 20.7 Å². The molecule has 2 aromatic carbocycles. The lowest BCUT2D eigenvalue weighted by Gasteiger charge is -2.43. The van der Waals surface area contributed by atoms with Crippen LogP contribution in [-0.2, 0) is 9.22 Å². The molecule has 0 aromatic heterocycles. The highest BCUT2D eigenvalue weighted by molar-refractivity contribution is 6.99. The van der Waals surface area contributed by atoms with Crippen LogP contribution in [0.25, 0.3) is 0 Å². The van der Waals surface area contributed by atoms with Gasteiger partial charge in [-0.15, -0.1) is 0 Å². The van der Waals surface area contributed by atoms with Crippen LogP contribution in [0, 0.1) is 5.41 Å². The predicted molar refractivity (Wildman–Crippen MR) is 129 cm³/mol.